The van der Waals surface area contributed by atoms with Gasteiger partial charge in [0.25, 0.3) is 12.4 Å². The van der Waals surface area contributed by atoms with Crippen molar-refractivity contribution in [1.29, 1.82) is 0 Å². The van der Waals surface area contributed by atoms with Crippen molar-refractivity contribution >= 4 is 75.8 Å². The van der Waals surface area contributed by atoms with E-state index in [1.807, 2.05) is 34.6 Å². The summed E-state index contributed by atoms with van der Waals surface area (Å²) in [7, 11) is 0.0561. The molecule has 2 atom stereocenters. The van der Waals surface area contributed by atoms with E-state index in [9.17, 15) is 53.7 Å². The van der Waals surface area contributed by atoms with Gasteiger partial charge in [0.1, 0.15) is 46.5 Å². The van der Waals surface area contributed by atoms with Crippen molar-refractivity contribution < 1.29 is 72.0 Å². The number of ether oxygens (including phenoxy) is 1. The van der Waals surface area contributed by atoms with Gasteiger partial charge in [0, 0.05) is 66.5 Å². The van der Waals surface area contributed by atoms with Crippen LogP contribution in [-0.2, 0) is 72.7 Å². The lowest BCUT2D eigenvalue weighted by Crippen LogP contribution is -2.35. The molecule has 0 bridgehead atoms. The summed E-state index contributed by atoms with van der Waals surface area (Å²) < 4.78 is 162. The molecule has 0 aliphatic heterocycles. The Hall–Kier alpha value is -6.20. The molecular formula is C49H55ClF10N8O6S2. The van der Waals surface area contributed by atoms with Crippen LogP contribution in [0.1, 0.15) is 102 Å². The minimum absolute atomic E-state index is 0.0676. The molecule has 1 aliphatic rings. The third-order valence-corrected chi connectivity index (χ3v) is 13.1. The third-order valence-electron chi connectivity index (χ3n) is 10.4. The SMILES string of the molecule is CC.CC(C)(C)OC=O.CNC=O.CSN(C(C)=O)c1nn(CC(F)(F)F)c2c(-c3ccc(C#CC(C)(C)S(C)=O)nc3C(Cc3cc(F)cc(F)c3)NC(=O)Cn3nc(C(F)(F)F)c4c3C(F)(F)CC4)ccc(Cl)c12. The fourth-order valence-corrected chi connectivity index (χ4v) is 8.17. The Morgan fingerprint density at radius 3 is 2.05 bits per heavy atom. The maximum Gasteiger partial charge on any atom is 0.435 e. The molecule has 0 radical (unpaired) electrons. The number of anilines is 1. The van der Waals surface area contributed by atoms with Gasteiger partial charge in [-0.15, -0.1) is 0 Å². The number of pyridine rings is 1. The van der Waals surface area contributed by atoms with Crippen LogP contribution in [0, 0.1) is 23.5 Å². The predicted molar refractivity (Wildman–Crippen MR) is 269 cm³/mol. The summed E-state index contributed by atoms with van der Waals surface area (Å²) in [5.41, 5.74) is -4.71. The van der Waals surface area contributed by atoms with Gasteiger partial charge in [-0.1, -0.05) is 37.4 Å². The van der Waals surface area contributed by atoms with Crippen molar-refractivity contribution in [3.8, 4) is 23.0 Å². The molecular weight excluding hydrogens is 1090 g/mol. The largest absolute Gasteiger partial charge is 0.462 e. The first-order valence-electron chi connectivity index (χ1n) is 22.7. The number of alkyl halides is 8. The maximum absolute atomic E-state index is 15.1. The fourth-order valence-electron chi connectivity index (χ4n) is 7.18. The summed E-state index contributed by atoms with van der Waals surface area (Å²) in [6.45, 7) is 11.3. The number of hydrogen-bond acceptors (Lipinski definition) is 10. The van der Waals surface area contributed by atoms with E-state index >= 15 is 8.78 Å². The molecule has 3 amide bonds. The second-order valence-corrected chi connectivity index (χ2v) is 20.7. The fraction of sp³-hybridized carbons (Fsp3) is 0.449. The first-order valence-corrected chi connectivity index (χ1v) is 25.8. The number of fused-ring (bicyclic) bond motifs is 2. The van der Waals surface area contributed by atoms with Gasteiger partial charge in [0.15, 0.2) is 11.5 Å². The van der Waals surface area contributed by atoms with E-state index < -0.39 is 113 Å². The van der Waals surface area contributed by atoms with Crippen LogP contribution >= 0.6 is 23.5 Å². The summed E-state index contributed by atoms with van der Waals surface area (Å²) >= 11 is 7.44. The topological polar surface area (TPSA) is 170 Å². The van der Waals surface area contributed by atoms with E-state index in [0.717, 1.165) is 35.3 Å². The number of amides is 3. The summed E-state index contributed by atoms with van der Waals surface area (Å²) in [5.74, 6) is -2.44. The van der Waals surface area contributed by atoms with Crippen molar-refractivity contribution in [2.24, 2.45) is 0 Å². The summed E-state index contributed by atoms with van der Waals surface area (Å²) in [5, 5.41) is 12.0. The zero-order valence-electron chi connectivity index (χ0n) is 42.9. The molecule has 27 heteroatoms. The van der Waals surface area contributed by atoms with Crippen molar-refractivity contribution in [3.05, 3.63) is 93.0 Å². The van der Waals surface area contributed by atoms with E-state index in [-0.39, 0.29) is 60.1 Å². The highest BCUT2D eigenvalue weighted by Gasteiger charge is 2.50. The number of carbonyl (C=O) groups is 4. The molecule has 3 heterocycles. The van der Waals surface area contributed by atoms with E-state index in [1.54, 1.807) is 20.9 Å². The van der Waals surface area contributed by atoms with Gasteiger partial charge in [-0.2, -0.15) is 45.3 Å². The second kappa shape index (κ2) is 26.2. The number of carbonyl (C=O) groups excluding carboxylic acids is 4. The van der Waals surface area contributed by atoms with Crippen LogP contribution in [0.3, 0.4) is 0 Å². The van der Waals surface area contributed by atoms with Gasteiger partial charge < -0.3 is 15.4 Å². The highest BCUT2D eigenvalue weighted by molar-refractivity contribution is 8.00. The van der Waals surface area contributed by atoms with Crippen molar-refractivity contribution in [1.82, 2.24) is 35.2 Å². The van der Waals surface area contributed by atoms with Gasteiger partial charge in [0.2, 0.25) is 18.2 Å². The molecule has 5 aromatic rings. The number of rotatable bonds is 13. The Bertz CT molecular complexity index is 2960. The smallest absolute Gasteiger partial charge is 0.435 e. The second-order valence-electron chi connectivity index (χ2n) is 17.6. The molecule has 14 nitrogen and oxygen atoms in total. The molecule has 416 valence electrons. The van der Waals surface area contributed by atoms with Crippen LogP contribution in [0.4, 0.5) is 49.7 Å². The van der Waals surface area contributed by atoms with E-state index in [4.69, 9.17) is 16.4 Å². The van der Waals surface area contributed by atoms with Crippen LogP contribution in [-0.4, -0.2) is 89.5 Å². The van der Waals surface area contributed by atoms with E-state index in [2.05, 4.69) is 42.4 Å². The average molecular weight is 1140 g/mol. The first kappa shape index (κ1) is 64.1. The Kier molecular flexibility index (Phi) is 22.1. The molecule has 1 aliphatic carbocycles. The maximum atomic E-state index is 15.1. The highest BCUT2D eigenvalue weighted by atomic mass is 35.5. The lowest BCUT2D eigenvalue weighted by atomic mass is 9.93. The van der Waals surface area contributed by atoms with Crippen molar-refractivity contribution in [2.45, 2.75) is 122 Å². The molecule has 0 saturated carbocycles. The van der Waals surface area contributed by atoms with Crippen LogP contribution < -0.4 is 14.9 Å². The Morgan fingerprint density at radius 1 is 0.974 bits per heavy atom. The van der Waals surface area contributed by atoms with Crippen molar-refractivity contribution in [2.75, 3.05) is 23.9 Å². The van der Waals surface area contributed by atoms with Gasteiger partial charge in [0.05, 0.1) is 27.7 Å². The zero-order valence-corrected chi connectivity index (χ0v) is 45.3. The number of benzene rings is 2. The molecule has 2 aromatic carbocycles. The van der Waals surface area contributed by atoms with Crippen LogP contribution in [0.25, 0.3) is 22.0 Å². The molecule has 3 aromatic heterocycles. The zero-order chi connectivity index (χ0) is 57.9. The lowest BCUT2D eigenvalue weighted by Gasteiger charge is -2.23. The normalized spacial score (nSPS) is 13.7. The summed E-state index contributed by atoms with van der Waals surface area (Å²) in [6, 6.07) is 6.01. The standard InChI is InChI=1S/C40H34ClF10N7O3S2.C5H10O2.C2H5NO.C2H6/c1-20(59)58(62-4)36-31-28(41)9-8-26(33(31)57(55-36)19-39(46,47)48)25-7-6-24(10-12-37(2,3)63(5)61)52-32(25)29(16-21-14-22(42)17-23(43)15-21)53-30(60)18-56-35-27(11-13-38(35,44)45)34(54-56)40(49,50)51;1-5(2,3)7-4-6;1-3-2-4;1-2/h6-9,14-15,17,29H,11,13,16,18-19H2,1-5H3,(H,53,60);4H,1-3H3;2H,1H3,(H,3,4);1-2H3. The predicted octanol–water partition coefficient (Wildman–Crippen LogP) is 10.4. The molecule has 6 rings (SSSR count). The van der Waals surface area contributed by atoms with E-state index in [1.165, 1.54) is 36.8 Å². The Balaban J connectivity index is 0.00000105. The van der Waals surface area contributed by atoms with Gasteiger partial charge >= 0.3 is 12.4 Å². The number of aromatic nitrogens is 5. The van der Waals surface area contributed by atoms with Crippen LogP contribution in [0.15, 0.2) is 42.5 Å². The molecule has 2 N–H and O–H groups in total. The summed E-state index contributed by atoms with van der Waals surface area (Å²) in [6.07, 6.45) is -8.78. The van der Waals surface area contributed by atoms with Gasteiger partial charge in [-0.25, -0.2) is 18.1 Å². The highest BCUT2D eigenvalue weighted by Crippen LogP contribution is 2.47. The van der Waals surface area contributed by atoms with Crippen molar-refractivity contribution in [3.63, 3.8) is 0 Å². The molecule has 0 saturated heterocycles. The monoisotopic (exact) mass is 1140 g/mol. The first-order chi connectivity index (χ1) is 35.2. The minimum atomic E-state index is -5.16. The Labute approximate surface area is 443 Å². The average Bonchev–Trinajstić information content (AvgIpc) is 3.97. The molecule has 76 heavy (non-hydrogen) atoms. The van der Waals surface area contributed by atoms with Crippen LogP contribution in [0.2, 0.25) is 5.02 Å². The lowest BCUT2D eigenvalue weighted by molar-refractivity contribution is -0.143. The van der Waals surface area contributed by atoms with Gasteiger partial charge in [-0.05, 0) is 101 Å². The van der Waals surface area contributed by atoms with E-state index in [0.29, 0.717) is 23.6 Å². The quantitative estimate of drug-likeness (QED) is 0.0501. The number of nitrogens with one attached hydrogen (secondary N) is 2. The van der Waals surface area contributed by atoms with Gasteiger partial charge in [-0.3, -0.25) is 32.8 Å². The minimum Gasteiger partial charge on any atom is -0.462 e. The number of hydrogen-bond donors (Lipinski definition) is 2. The third kappa shape index (κ3) is 16.9. The molecule has 0 spiro atoms. The van der Waals surface area contributed by atoms with Crippen LogP contribution in [0.5, 0.6) is 0 Å². The Morgan fingerprint density at radius 2 is 1.57 bits per heavy atom. The number of halogens is 11. The molecule has 0 fully saturated rings. The summed E-state index contributed by atoms with van der Waals surface area (Å²) in [4.78, 5) is 49.9. The number of nitrogens with zero attached hydrogens (tertiary/aromatic N) is 6. The molecule has 2 unspecified atom stereocenters.